The number of nitrogens with zero attached hydrogens (tertiary/aromatic N) is 1. The lowest BCUT2D eigenvalue weighted by Crippen LogP contribution is -2.30. The number of hydrazine groups is 1. The summed E-state index contributed by atoms with van der Waals surface area (Å²) in [5.74, 6) is 7.43. The molecule has 0 saturated heterocycles. The summed E-state index contributed by atoms with van der Waals surface area (Å²) in [6, 6.07) is 21.4. The monoisotopic (exact) mass is 320 g/mol. The van der Waals surface area contributed by atoms with Gasteiger partial charge >= 0.3 is 0 Å². The summed E-state index contributed by atoms with van der Waals surface area (Å²) < 4.78 is 5.59. The fourth-order valence-corrected chi connectivity index (χ4v) is 2.60. The zero-order valence-electron chi connectivity index (χ0n) is 13.4. The number of anilines is 1. The van der Waals surface area contributed by atoms with E-state index in [1.54, 1.807) is 11.1 Å². The molecule has 0 aliphatic carbocycles. The predicted molar refractivity (Wildman–Crippen MR) is 96.0 cm³/mol. The molecule has 122 valence electrons. The Morgan fingerprint density at radius 3 is 2.42 bits per heavy atom. The van der Waals surface area contributed by atoms with Crippen LogP contribution < -0.4 is 10.9 Å². The normalized spacial score (nSPS) is 10.6. The lowest BCUT2D eigenvalue weighted by molar-refractivity contribution is 0.246. The summed E-state index contributed by atoms with van der Waals surface area (Å²) in [6.45, 7) is 4.59. The maximum absolute atomic E-state index is 9.16. The molecule has 0 bridgehead atoms. The summed E-state index contributed by atoms with van der Waals surface area (Å²) >= 11 is 0. The molecule has 0 atom stereocenters. The summed E-state index contributed by atoms with van der Waals surface area (Å²) in [7, 11) is 0. The van der Waals surface area contributed by atoms with Gasteiger partial charge in [-0.25, -0.2) is 5.84 Å². The molecule has 4 nitrogen and oxygen atoms in total. The van der Waals surface area contributed by atoms with Crippen LogP contribution in [-0.2, 0) is 13.2 Å². The molecule has 0 fully saturated rings. The molecule has 24 heavy (non-hydrogen) atoms. The van der Waals surface area contributed by atoms with Crippen molar-refractivity contribution in [2.24, 2.45) is 5.84 Å². The van der Waals surface area contributed by atoms with Crippen molar-refractivity contribution in [3.8, 4) is 0 Å². The molecule has 0 unspecified atom stereocenters. The molecule has 1 heterocycles. The summed E-state index contributed by atoms with van der Waals surface area (Å²) in [6.07, 6.45) is 0. The molecule has 3 rings (SSSR count). The van der Waals surface area contributed by atoms with Gasteiger partial charge in [0.15, 0.2) is 0 Å². The van der Waals surface area contributed by atoms with Gasteiger partial charge in [0.05, 0.1) is 12.2 Å². The standard InChI is InChI=1S/C20H20N2O2/c1-15(20-12-11-17(14-23)24-20)18-9-5-6-10-19(18)22(21)13-16-7-3-2-4-8-16/h2-12,23H,1,13-14,21H2. The quantitative estimate of drug-likeness (QED) is 0.537. The Balaban J connectivity index is 1.88. The molecule has 0 aliphatic heterocycles. The number of rotatable bonds is 6. The van der Waals surface area contributed by atoms with E-state index in [9.17, 15) is 0 Å². The van der Waals surface area contributed by atoms with Crippen molar-refractivity contribution in [1.29, 1.82) is 0 Å². The van der Waals surface area contributed by atoms with Crippen molar-refractivity contribution in [1.82, 2.24) is 0 Å². The first-order valence-corrected chi connectivity index (χ1v) is 7.73. The minimum Gasteiger partial charge on any atom is -0.459 e. The second kappa shape index (κ2) is 7.17. The smallest absolute Gasteiger partial charge is 0.134 e. The average molecular weight is 320 g/mol. The Morgan fingerprint density at radius 1 is 1.00 bits per heavy atom. The molecular formula is C20H20N2O2. The van der Waals surface area contributed by atoms with E-state index in [1.165, 1.54) is 0 Å². The SMILES string of the molecule is C=C(c1ccc(CO)o1)c1ccccc1N(N)Cc1ccccc1. The van der Waals surface area contributed by atoms with E-state index in [4.69, 9.17) is 15.4 Å². The minimum atomic E-state index is -0.133. The first-order valence-electron chi connectivity index (χ1n) is 7.73. The van der Waals surface area contributed by atoms with Crippen LogP contribution in [0.4, 0.5) is 5.69 Å². The highest BCUT2D eigenvalue weighted by atomic mass is 16.4. The number of aliphatic hydroxyl groups excluding tert-OH is 1. The van der Waals surface area contributed by atoms with E-state index in [-0.39, 0.29) is 6.61 Å². The zero-order chi connectivity index (χ0) is 16.9. The van der Waals surface area contributed by atoms with Gasteiger partial charge in [0.1, 0.15) is 18.1 Å². The van der Waals surface area contributed by atoms with E-state index in [0.717, 1.165) is 22.4 Å². The molecule has 0 spiro atoms. The molecule has 0 saturated carbocycles. The Kier molecular flexibility index (Phi) is 4.79. The van der Waals surface area contributed by atoms with Crippen molar-refractivity contribution in [2.75, 3.05) is 5.01 Å². The average Bonchev–Trinajstić information content (AvgIpc) is 3.11. The third-order valence-corrected chi connectivity index (χ3v) is 3.85. The van der Waals surface area contributed by atoms with Crippen molar-refractivity contribution in [2.45, 2.75) is 13.2 Å². The Hall–Kier alpha value is -2.82. The van der Waals surface area contributed by atoms with Gasteiger partial charge in [0, 0.05) is 11.1 Å². The largest absolute Gasteiger partial charge is 0.459 e. The summed E-state index contributed by atoms with van der Waals surface area (Å²) in [5.41, 5.74) is 3.62. The van der Waals surface area contributed by atoms with Crippen LogP contribution in [0.3, 0.4) is 0 Å². The number of hydrogen-bond acceptors (Lipinski definition) is 4. The third-order valence-electron chi connectivity index (χ3n) is 3.85. The van der Waals surface area contributed by atoms with Crippen LogP contribution >= 0.6 is 0 Å². The van der Waals surface area contributed by atoms with Crippen LogP contribution in [-0.4, -0.2) is 5.11 Å². The van der Waals surface area contributed by atoms with Gasteiger partial charge in [0.2, 0.25) is 0 Å². The Bertz CT molecular complexity index is 824. The highest BCUT2D eigenvalue weighted by molar-refractivity contribution is 5.83. The molecule has 4 heteroatoms. The highest BCUT2D eigenvalue weighted by Crippen LogP contribution is 2.31. The topological polar surface area (TPSA) is 62.6 Å². The first kappa shape index (κ1) is 16.1. The number of para-hydroxylation sites is 1. The van der Waals surface area contributed by atoms with Crippen LogP contribution in [0, 0.1) is 0 Å². The lowest BCUT2D eigenvalue weighted by atomic mass is 10.0. The van der Waals surface area contributed by atoms with Gasteiger partial charge in [-0.3, -0.25) is 0 Å². The van der Waals surface area contributed by atoms with Crippen LogP contribution in [0.1, 0.15) is 22.6 Å². The van der Waals surface area contributed by atoms with Gasteiger partial charge in [-0.05, 0) is 23.8 Å². The predicted octanol–water partition coefficient (Wildman–Crippen LogP) is 3.71. The van der Waals surface area contributed by atoms with Crippen molar-refractivity contribution < 1.29 is 9.52 Å². The number of hydrogen-bond donors (Lipinski definition) is 2. The third kappa shape index (κ3) is 3.40. The fourth-order valence-electron chi connectivity index (χ4n) is 2.60. The van der Waals surface area contributed by atoms with E-state index in [2.05, 4.69) is 6.58 Å². The van der Waals surface area contributed by atoms with Crippen LogP contribution in [0.5, 0.6) is 0 Å². The molecule has 3 aromatic rings. The Morgan fingerprint density at radius 2 is 1.71 bits per heavy atom. The first-order chi connectivity index (χ1) is 11.7. The van der Waals surface area contributed by atoms with Crippen molar-refractivity contribution >= 4 is 11.3 Å². The molecule has 0 amide bonds. The zero-order valence-corrected chi connectivity index (χ0v) is 13.4. The molecule has 3 N–H and O–H groups in total. The van der Waals surface area contributed by atoms with Crippen LogP contribution in [0.25, 0.3) is 5.57 Å². The molecule has 1 aromatic heterocycles. The molecule has 0 aliphatic rings. The number of nitrogens with two attached hydrogens (primary N) is 1. The van der Waals surface area contributed by atoms with Crippen LogP contribution in [0.2, 0.25) is 0 Å². The second-order valence-corrected chi connectivity index (χ2v) is 5.53. The number of aliphatic hydroxyl groups is 1. The van der Waals surface area contributed by atoms with Crippen LogP contribution in [0.15, 0.2) is 77.7 Å². The van der Waals surface area contributed by atoms with E-state index in [1.807, 2.05) is 60.7 Å². The number of furan rings is 1. The summed E-state index contributed by atoms with van der Waals surface area (Å²) in [4.78, 5) is 0. The Labute approximate surface area is 141 Å². The van der Waals surface area contributed by atoms with E-state index >= 15 is 0 Å². The molecule has 0 radical (unpaired) electrons. The fraction of sp³-hybridized carbons (Fsp3) is 0.100. The summed E-state index contributed by atoms with van der Waals surface area (Å²) in [5, 5.41) is 10.9. The maximum Gasteiger partial charge on any atom is 0.134 e. The second-order valence-electron chi connectivity index (χ2n) is 5.53. The van der Waals surface area contributed by atoms with E-state index in [0.29, 0.717) is 18.1 Å². The van der Waals surface area contributed by atoms with Gasteiger partial charge in [-0.2, -0.15) is 0 Å². The lowest BCUT2D eigenvalue weighted by Gasteiger charge is -2.22. The van der Waals surface area contributed by atoms with Gasteiger partial charge in [-0.15, -0.1) is 0 Å². The minimum absolute atomic E-state index is 0.133. The van der Waals surface area contributed by atoms with Gasteiger partial charge in [0.25, 0.3) is 0 Å². The highest BCUT2D eigenvalue weighted by Gasteiger charge is 2.14. The van der Waals surface area contributed by atoms with E-state index < -0.39 is 0 Å². The molecule has 2 aromatic carbocycles. The maximum atomic E-state index is 9.16. The van der Waals surface area contributed by atoms with Crippen molar-refractivity contribution in [3.05, 3.63) is 96.0 Å². The molecular weight excluding hydrogens is 300 g/mol. The number of benzene rings is 2. The van der Waals surface area contributed by atoms with Crippen molar-refractivity contribution in [3.63, 3.8) is 0 Å². The van der Waals surface area contributed by atoms with Gasteiger partial charge < -0.3 is 14.5 Å². The van der Waals surface area contributed by atoms with Gasteiger partial charge in [-0.1, -0.05) is 55.1 Å².